The van der Waals surface area contributed by atoms with E-state index in [0.29, 0.717) is 12.0 Å². The normalized spacial score (nSPS) is 13.9. The Morgan fingerprint density at radius 2 is 1.37 bits per heavy atom. The number of benzene rings is 3. The molecule has 0 saturated heterocycles. The quantitative estimate of drug-likeness (QED) is 0.249. The second-order valence-electron chi connectivity index (χ2n) is 7.71. The molecule has 0 amide bonds. The summed E-state index contributed by atoms with van der Waals surface area (Å²) in [5.74, 6) is -1.21. The summed E-state index contributed by atoms with van der Waals surface area (Å²) in [6.45, 7) is 3.74. The molecule has 154 valence electrons. The van der Waals surface area contributed by atoms with Gasteiger partial charge in [0.25, 0.3) is 0 Å². The van der Waals surface area contributed by atoms with E-state index in [-0.39, 0.29) is 23.2 Å². The average Bonchev–Trinajstić information content (AvgIpc) is 2.77. The maximum atomic E-state index is 13.8. The van der Waals surface area contributed by atoms with Crippen LogP contribution >= 0.6 is 0 Å². The van der Waals surface area contributed by atoms with Gasteiger partial charge in [-0.05, 0) is 30.4 Å². The van der Waals surface area contributed by atoms with E-state index in [2.05, 4.69) is 0 Å². The van der Waals surface area contributed by atoms with E-state index >= 15 is 0 Å². The molecule has 0 bridgehead atoms. The first kappa shape index (κ1) is 21.4. The molecule has 0 aromatic heterocycles. The van der Waals surface area contributed by atoms with Gasteiger partial charge >= 0.3 is 0 Å². The molecule has 0 fully saturated rings. The summed E-state index contributed by atoms with van der Waals surface area (Å²) in [5, 5.41) is 11.7. The lowest BCUT2D eigenvalue weighted by Crippen LogP contribution is -2.32. The van der Waals surface area contributed by atoms with Crippen molar-refractivity contribution in [2.75, 3.05) is 6.54 Å². The molecule has 0 heterocycles. The standard InChI is InChI=1S/C26H27NO3/c1-3-23(20-10-6-4-7-11-20)25(26(28)22-12-8-5-9-13-22)24(18-27(29)30)21-16-14-19(2)15-17-21/h4-17,23-25H,3,18H2,1-2H3/t23-,24+,25+/m0/s1. The summed E-state index contributed by atoms with van der Waals surface area (Å²) in [6, 6.07) is 26.8. The Hall–Kier alpha value is -3.27. The fourth-order valence-corrected chi connectivity index (χ4v) is 4.24. The number of ketones is 1. The fraction of sp³-hybridized carbons (Fsp3) is 0.269. The van der Waals surface area contributed by atoms with Gasteiger partial charge in [0.05, 0.1) is 5.92 Å². The number of carbonyl (C=O) groups is 1. The Morgan fingerprint density at radius 1 is 0.833 bits per heavy atom. The summed E-state index contributed by atoms with van der Waals surface area (Å²) in [5.41, 5.74) is 3.55. The van der Waals surface area contributed by atoms with Crippen molar-refractivity contribution < 1.29 is 9.72 Å². The van der Waals surface area contributed by atoms with Crippen molar-refractivity contribution in [1.82, 2.24) is 0 Å². The molecule has 0 aliphatic carbocycles. The van der Waals surface area contributed by atoms with Crippen LogP contribution in [-0.4, -0.2) is 17.3 Å². The van der Waals surface area contributed by atoms with Crippen LogP contribution in [0.4, 0.5) is 0 Å². The van der Waals surface area contributed by atoms with Gasteiger partial charge < -0.3 is 0 Å². The van der Waals surface area contributed by atoms with Gasteiger partial charge in [-0.3, -0.25) is 14.9 Å². The van der Waals surface area contributed by atoms with Crippen molar-refractivity contribution >= 4 is 5.78 Å². The lowest BCUT2D eigenvalue weighted by molar-refractivity contribution is -0.484. The summed E-state index contributed by atoms with van der Waals surface area (Å²) in [4.78, 5) is 25.1. The van der Waals surface area contributed by atoms with Gasteiger partial charge in [-0.25, -0.2) is 0 Å². The predicted octanol–water partition coefficient (Wildman–Crippen LogP) is 6.05. The monoisotopic (exact) mass is 401 g/mol. The van der Waals surface area contributed by atoms with E-state index in [1.54, 1.807) is 12.1 Å². The molecule has 0 aliphatic heterocycles. The van der Waals surface area contributed by atoms with Gasteiger partial charge in [0, 0.05) is 16.4 Å². The summed E-state index contributed by atoms with van der Waals surface area (Å²) >= 11 is 0. The summed E-state index contributed by atoms with van der Waals surface area (Å²) < 4.78 is 0. The Morgan fingerprint density at radius 3 is 1.90 bits per heavy atom. The molecule has 0 aliphatic rings. The van der Waals surface area contributed by atoms with Crippen LogP contribution in [0.15, 0.2) is 84.9 Å². The topological polar surface area (TPSA) is 60.2 Å². The minimum absolute atomic E-state index is 0.0428. The molecular formula is C26H27NO3. The van der Waals surface area contributed by atoms with E-state index in [4.69, 9.17) is 0 Å². The van der Waals surface area contributed by atoms with Gasteiger partial charge in [0.2, 0.25) is 6.54 Å². The number of Topliss-reactive ketones (excluding diaryl/α,β-unsaturated/α-hetero) is 1. The highest BCUT2D eigenvalue weighted by Gasteiger charge is 2.39. The van der Waals surface area contributed by atoms with Crippen LogP contribution in [0.25, 0.3) is 0 Å². The minimum atomic E-state index is -0.534. The van der Waals surface area contributed by atoms with E-state index in [1.807, 2.05) is 86.6 Å². The van der Waals surface area contributed by atoms with Gasteiger partial charge in [0.1, 0.15) is 0 Å². The number of hydrogen-bond acceptors (Lipinski definition) is 3. The summed E-state index contributed by atoms with van der Waals surface area (Å²) in [6.07, 6.45) is 0.716. The van der Waals surface area contributed by atoms with Crippen LogP contribution < -0.4 is 0 Å². The number of nitro groups is 1. The first-order chi connectivity index (χ1) is 14.5. The zero-order valence-corrected chi connectivity index (χ0v) is 17.4. The number of carbonyl (C=O) groups excluding carboxylic acids is 1. The van der Waals surface area contributed by atoms with Crippen molar-refractivity contribution in [2.45, 2.75) is 32.1 Å². The van der Waals surface area contributed by atoms with Gasteiger partial charge in [-0.1, -0.05) is 97.4 Å². The SMILES string of the molecule is CC[C@@H](c1ccccc1)[C@@H](C(=O)c1ccccc1)[C@H](C[N+](=O)[O-])c1ccc(C)cc1. The van der Waals surface area contributed by atoms with Crippen LogP contribution in [0.2, 0.25) is 0 Å². The zero-order valence-electron chi connectivity index (χ0n) is 17.4. The number of aryl methyl sites for hydroxylation is 1. The van der Waals surface area contributed by atoms with Crippen molar-refractivity contribution in [3.8, 4) is 0 Å². The molecule has 0 N–H and O–H groups in total. The highest BCUT2D eigenvalue weighted by Crippen LogP contribution is 2.40. The van der Waals surface area contributed by atoms with E-state index in [1.165, 1.54) is 0 Å². The first-order valence-electron chi connectivity index (χ1n) is 10.3. The average molecular weight is 402 g/mol. The third kappa shape index (κ3) is 5.01. The molecule has 3 rings (SSSR count). The van der Waals surface area contributed by atoms with Crippen LogP contribution in [0, 0.1) is 23.0 Å². The molecule has 3 aromatic carbocycles. The Labute approximate surface area is 177 Å². The lowest BCUT2D eigenvalue weighted by atomic mass is 9.70. The molecule has 4 nitrogen and oxygen atoms in total. The maximum absolute atomic E-state index is 13.8. The molecular weight excluding hydrogens is 374 g/mol. The Bertz CT molecular complexity index is 968. The maximum Gasteiger partial charge on any atom is 0.211 e. The second kappa shape index (κ2) is 9.97. The van der Waals surface area contributed by atoms with Crippen LogP contribution in [0.1, 0.15) is 52.2 Å². The molecule has 0 spiro atoms. The molecule has 0 saturated carbocycles. The Kier molecular flexibility index (Phi) is 7.12. The smallest absolute Gasteiger partial charge is 0.211 e. The second-order valence-corrected chi connectivity index (χ2v) is 7.71. The fourth-order valence-electron chi connectivity index (χ4n) is 4.24. The predicted molar refractivity (Wildman–Crippen MR) is 120 cm³/mol. The first-order valence-corrected chi connectivity index (χ1v) is 10.3. The highest BCUT2D eigenvalue weighted by atomic mass is 16.6. The molecule has 0 unspecified atom stereocenters. The Balaban J connectivity index is 2.15. The third-order valence-electron chi connectivity index (χ3n) is 5.75. The zero-order chi connectivity index (χ0) is 21.5. The highest BCUT2D eigenvalue weighted by molar-refractivity contribution is 5.99. The van der Waals surface area contributed by atoms with Gasteiger partial charge in [-0.2, -0.15) is 0 Å². The van der Waals surface area contributed by atoms with E-state index in [0.717, 1.165) is 16.7 Å². The third-order valence-corrected chi connectivity index (χ3v) is 5.75. The van der Waals surface area contributed by atoms with Gasteiger partial charge in [-0.15, -0.1) is 0 Å². The van der Waals surface area contributed by atoms with E-state index in [9.17, 15) is 14.9 Å². The minimum Gasteiger partial charge on any atom is -0.294 e. The van der Waals surface area contributed by atoms with Crippen LogP contribution in [-0.2, 0) is 0 Å². The number of rotatable bonds is 9. The van der Waals surface area contributed by atoms with E-state index < -0.39 is 11.8 Å². The summed E-state index contributed by atoms with van der Waals surface area (Å²) in [7, 11) is 0. The van der Waals surface area contributed by atoms with Crippen LogP contribution in [0.5, 0.6) is 0 Å². The molecule has 3 aromatic rings. The van der Waals surface area contributed by atoms with Gasteiger partial charge in [0.15, 0.2) is 5.78 Å². The van der Waals surface area contributed by atoms with Crippen LogP contribution in [0.3, 0.4) is 0 Å². The molecule has 3 atom stereocenters. The molecule has 30 heavy (non-hydrogen) atoms. The number of nitrogens with zero attached hydrogens (tertiary/aromatic N) is 1. The number of hydrogen-bond donors (Lipinski definition) is 0. The largest absolute Gasteiger partial charge is 0.294 e. The molecule has 4 heteroatoms. The van der Waals surface area contributed by atoms with Crippen molar-refractivity contribution in [3.05, 3.63) is 117 Å². The molecule has 0 radical (unpaired) electrons. The van der Waals surface area contributed by atoms with Crippen molar-refractivity contribution in [3.63, 3.8) is 0 Å². The van der Waals surface area contributed by atoms with Crippen molar-refractivity contribution in [2.24, 2.45) is 5.92 Å². The lowest BCUT2D eigenvalue weighted by Gasteiger charge is -2.31. The van der Waals surface area contributed by atoms with Crippen molar-refractivity contribution in [1.29, 1.82) is 0 Å².